The van der Waals surface area contributed by atoms with Crippen LogP contribution in [-0.2, 0) is 120 Å². The molecule has 0 unspecified atom stereocenters. The zero-order valence-electron chi connectivity index (χ0n) is 73.3. The Labute approximate surface area is 732 Å². The first-order valence-corrected chi connectivity index (χ1v) is 43.4. The fraction of sp³-hybridized carbons (Fsp3) is 0.510. The van der Waals surface area contributed by atoms with Gasteiger partial charge in [-0.15, -0.1) is 0 Å². The summed E-state index contributed by atoms with van der Waals surface area (Å²) in [7, 11) is 3.15. The minimum atomic E-state index is -0.929. The highest BCUT2D eigenvalue weighted by atomic mass is 16.6. The number of pyridine rings is 1. The molecule has 1 aliphatic carbocycles. The summed E-state index contributed by atoms with van der Waals surface area (Å²) in [6, 6.07) is 40.2. The smallest absolute Gasteiger partial charge is 0.234 e. The van der Waals surface area contributed by atoms with E-state index in [1.54, 1.807) is 98.5 Å². The van der Waals surface area contributed by atoms with E-state index in [0.717, 1.165) is 38.9 Å². The molecule has 0 bridgehead atoms. The second-order valence-electron chi connectivity index (χ2n) is 34.3. The topological polar surface area (TPSA) is 391 Å². The molecule has 6 aliphatic rings. The Morgan fingerprint density at radius 2 is 0.744 bits per heavy atom. The largest absolute Gasteiger partial charge is 0.497 e. The Balaban J connectivity index is 0.000000196. The second kappa shape index (κ2) is 46.5. The summed E-state index contributed by atoms with van der Waals surface area (Å²) in [5.74, 6) is -4.46. The van der Waals surface area contributed by atoms with Crippen molar-refractivity contribution in [3.8, 4) is 11.5 Å². The maximum absolute atomic E-state index is 13.8. The Morgan fingerprint density at radius 1 is 0.424 bits per heavy atom. The van der Waals surface area contributed by atoms with Gasteiger partial charge in [-0.3, -0.25) is 72.3 Å². The number of aliphatic hydroxyl groups excluding tert-OH is 1. The molecule has 29 heteroatoms. The molecule has 125 heavy (non-hydrogen) atoms. The van der Waals surface area contributed by atoms with Crippen molar-refractivity contribution in [3.63, 3.8) is 0 Å². The predicted octanol–water partition coefficient (Wildman–Crippen LogP) is 6.12. The van der Waals surface area contributed by atoms with Crippen molar-refractivity contribution < 1.29 is 95.8 Å². The number of aliphatic hydroxyl groups is 1. The van der Waals surface area contributed by atoms with E-state index >= 15 is 0 Å². The Bertz CT molecular complexity index is 4590. The van der Waals surface area contributed by atoms with Crippen LogP contribution in [0.5, 0.6) is 11.5 Å². The van der Waals surface area contributed by atoms with Crippen LogP contribution < -0.4 is 41.4 Å². The highest BCUT2D eigenvalue weighted by molar-refractivity contribution is 6.01. The summed E-state index contributed by atoms with van der Waals surface area (Å²) in [6.07, 6.45) is 6.63. The van der Waals surface area contributed by atoms with Crippen molar-refractivity contribution >= 4 is 70.1 Å². The van der Waals surface area contributed by atoms with Crippen LogP contribution in [0, 0.1) is 30.6 Å². The number of hydrogen-bond acceptors (Lipinski definition) is 23. The highest BCUT2D eigenvalue weighted by Crippen LogP contribution is 2.34. The third-order valence-electron chi connectivity index (χ3n) is 23.8. The van der Waals surface area contributed by atoms with E-state index in [9.17, 15) is 62.6 Å². The molecule has 6 aromatic rings. The maximum Gasteiger partial charge on any atom is 0.234 e. The van der Waals surface area contributed by atoms with Gasteiger partial charge in [0.15, 0.2) is 34.7 Å². The summed E-state index contributed by atoms with van der Waals surface area (Å²) in [5.41, 5.74) is 3.51. The average Bonchev–Trinajstić information content (AvgIpc) is 1.65. The number of ether oxygens (including phenoxy) is 7. The number of nitrogens with zero attached hydrogens (tertiary/aromatic N) is 3. The van der Waals surface area contributed by atoms with Crippen LogP contribution in [0.2, 0.25) is 0 Å². The number of morpholine rings is 2. The molecule has 7 N–H and O–H groups in total. The fourth-order valence-electron chi connectivity index (χ4n) is 15.4. The SMILES string of the molecule is COc1ccc(C[C@H](CC(=O)[C@@H](C)NC(=O)C2CCC(O)CC2)C(=O)N[C@@H](Cc2ccccc2)C(=O)[C@@]2(C)CO2)cc1.COc1ccc(C[C@H](CC(=O)[C@H](C)NC(=O)CN2CCOCC2)C(=O)N[C@@H](Cc2ccc(C)cc2)C(=O)[C@@]2(C)CO2)cc1.C[C@H](NC(=O)CN1CCOCC1)C(=O)C[C@@H](Cc1cccnc1)C(=O)N[C@@H](Cc1ccccc1)C(=O)[C@@]1(C)CO1. The minimum absolute atomic E-state index is 0.0975. The molecule has 6 amide bonds. The van der Waals surface area contributed by atoms with Crippen LogP contribution in [0.3, 0.4) is 0 Å². The molecule has 1 aromatic heterocycles. The van der Waals surface area contributed by atoms with Gasteiger partial charge in [-0.2, -0.15) is 0 Å². The van der Waals surface area contributed by atoms with Crippen LogP contribution in [0.4, 0.5) is 0 Å². The average molecular weight is 1720 g/mol. The number of methoxy groups -OCH3 is 2. The minimum Gasteiger partial charge on any atom is -0.497 e. The van der Waals surface area contributed by atoms with Crippen molar-refractivity contribution in [2.75, 3.05) is 99.7 Å². The van der Waals surface area contributed by atoms with E-state index in [1.807, 2.05) is 132 Å². The fourth-order valence-corrected chi connectivity index (χ4v) is 15.4. The third kappa shape index (κ3) is 30.6. The lowest BCUT2D eigenvalue weighted by Crippen LogP contribution is -2.50. The normalized spacial score (nSPS) is 21.7. The van der Waals surface area contributed by atoms with E-state index < -0.39 is 88.5 Å². The maximum atomic E-state index is 13.8. The second-order valence-corrected chi connectivity index (χ2v) is 34.3. The zero-order chi connectivity index (χ0) is 89.8. The quantitative estimate of drug-likeness (QED) is 0.0212. The molecule has 5 aliphatic heterocycles. The molecule has 6 fully saturated rings. The summed E-state index contributed by atoms with van der Waals surface area (Å²) >= 11 is 0. The molecular formula is C96H123N9O20. The highest BCUT2D eigenvalue weighted by Gasteiger charge is 2.53. The number of aryl methyl sites for hydroxylation is 1. The zero-order valence-corrected chi connectivity index (χ0v) is 73.3. The van der Waals surface area contributed by atoms with Gasteiger partial charge in [-0.25, -0.2) is 0 Å². The van der Waals surface area contributed by atoms with E-state index in [2.05, 4.69) is 36.9 Å². The summed E-state index contributed by atoms with van der Waals surface area (Å²) in [4.78, 5) is 167. The standard InChI is InChI=1S/C33H43N3O7.C33H42N2O7.C30H38N4O6/c1-22-5-7-25(8-6-22)18-28(31(39)33(3)21-43-33)35-32(40)26(17-24-9-11-27(41-4)12-10-24)19-29(37)23(2)34-30(38)20-36-13-15-42-16-14-36;1-21(34-31(39)24-11-13-26(36)14-12-24)29(37)19-25(17-23-9-15-27(41-3)16-10-23)32(40)35-28(30(38)33(2)20-42-33)18-22-7-5-4-6-8-22;1-21(32-27(36)19-34-11-13-39-14-12-34)26(35)17-24(15-23-9-6-10-31-18-23)29(38)33-25(28(37)30(2)20-40-30)16-22-7-4-3-5-8-22/h5-12,23,26,28H,13-21H2,1-4H3,(H,34,38)(H,35,40);4-10,15-16,21,24-26,28,36H,11-14,17-20H2,1-3H3,(H,34,39)(H,35,40);3-10,18,21,24-25H,11-17,19-20H2,1-2H3,(H,32,36)(H,33,38)/t23-,26+,28-,33+;21-,24?,25-,26?,28+,33-;21-,24+,25-,30+/m010/s1. The van der Waals surface area contributed by atoms with Gasteiger partial charge in [0.25, 0.3) is 0 Å². The first-order chi connectivity index (χ1) is 59.9. The molecule has 6 heterocycles. The number of aromatic nitrogens is 1. The number of Topliss-reactive ketones (excluding diaryl/α,β-unsaturated/α-hetero) is 6. The molecule has 12 rings (SSSR count). The summed E-state index contributed by atoms with van der Waals surface area (Å²) < 4.78 is 37.4. The van der Waals surface area contributed by atoms with Gasteiger partial charge in [0.1, 0.15) is 28.3 Å². The van der Waals surface area contributed by atoms with Crippen molar-refractivity contribution in [1.82, 2.24) is 46.7 Å². The van der Waals surface area contributed by atoms with Gasteiger partial charge in [0.05, 0.1) is 116 Å². The van der Waals surface area contributed by atoms with Gasteiger partial charge < -0.3 is 70.2 Å². The molecule has 0 spiro atoms. The van der Waals surface area contributed by atoms with E-state index in [1.165, 1.54) is 0 Å². The van der Waals surface area contributed by atoms with Crippen LogP contribution in [0.25, 0.3) is 0 Å². The molecule has 1 saturated carbocycles. The van der Waals surface area contributed by atoms with Gasteiger partial charge >= 0.3 is 0 Å². The molecule has 672 valence electrons. The van der Waals surface area contributed by atoms with Crippen molar-refractivity contribution in [2.45, 2.75) is 191 Å². The Morgan fingerprint density at radius 3 is 1.08 bits per heavy atom. The van der Waals surface area contributed by atoms with E-state index in [4.69, 9.17) is 33.2 Å². The van der Waals surface area contributed by atoms with Gasteiger partial charge in [-0.1, -0.05) is 121 Å². The number of carbonyl (C=O) groups is 12. The third-order valence-corrected chi connectivity index (χ3v) is 23.8. The monoisotopic (exact) mass is 1720 g/mol. The number of benzene rings is 5. The lowest BCUT2D eigenvalue weighted by Gasteiger charge is -2.27. The number of amides is 6. The first kappa shape index (κ1) is 96.6. The van der Waals surface area contributed by atoms with E-state index in [-0.39, 0.29) is 116 Å². The van der Waals surface area contributed by atoms with Gasteiger partial charge in [0.2, 0.25) is 35.4 Å². The molecule has 5 aromatic carbocycles. The Hall–Kier alpha value is -10.6. The van der Waals surface area contributed by atoms with Crippen LogP contribution in [0.15, 0.2) is 158 Å². The van der Waals surface area contributed by atoms with Gasteiger partial charge in [-0.05, 0) is 176 Å². The number of epoxide rings is 3. The van der Waals surface area contributed by atoms with Crippen molar-refractivity contribution in [3.05, 3.63) is 197 Å². The lowest BCUT2D eigenvalue weighted by molar-refractivity contribution is -0.135. The van der Waals surface area contributed by atoms with Crippen molar-refractivity contribution in [2.24, 2.45) is 23.7 Å². The number of hydrogen-bond donors (Lipinski definition) is 7. The summed E-state index contributed by atoms with van der Waals surface area (Å²) in [6.45, 7) is 18.3. The lowest BCUT2D eigenvalue weighted by atomic mass is 9.86. The molecule has 0 radical (unpaired) electrons. The number of rotatable bonds is 43. The van der Waals surface area contributed by atoms with E-state index in [0.29, 0.717) is 129 Å². The number of nitrogens with one attached hydrogen (secondary N) is 6. The molecule has 29 nitrogen and oxygen atoms in total. The van der Waals surface area contributed by atoms with Crippen LogP contribution in [-0.4, -0.2) is 249 Å². The molecule has 12 atom stereocenters. The van der Waals surface area contributed by atoms with Gasteiger partial charge in [0, 0.05) is 81.5 Å². The number of ketones is 6. The molecular weight excluding hydrogens is 1600 g/mol. The number of carbonyl (C=O) groups excluding carboxylic acids is 12. The first-order valence-electron chi connectivity index (χ1n) is 43.4. The predicted molar refractivity (Wildman–Crippen MR) is 465 cm³/mol. The molecule has 5 saturated heterocycles. The Kier molecular flexibility index (Phi) is 36.0. The van der Waals surface area contributed by atoms with Crippen molar-refractivity contribution in [1.29, 1.82) is 0 Å². The summed E-state index contributed by atoms with van der Waals surface area (Å²) in [5, 5.41) is 26.9. The van der Waals surface area contributed by atoms with Crippen LogP contribution in [0.1, 0.15) is 125 Å². The van der Waals surface area contributed by atoms with Crippen LogP contribution >= 0.6 is 0 Å².